The Kier molecular flexibility index (Phi) is 7.51. The summed E-state index contributed by atoms with van der Waals surface area (Å²) in [5.74, 6) is -0.504. The van der Waals surface area contributed by atoms with Gasteiger partial charge in [0.25, 0.3) is 0 Å². The third-order valence-corrected chi connectivity index (χ3v) is 5.40. The monoisotopic (exact) mass is 342 g/mol. The van der Waals surface area contributed by atoms with E-state index in [1.807, 2.05) is 13.8 Å². The second-order valence-corrected chi connectivity index (χ2v) is 7.60. The highest BCUT2D eigenvalue weighted by atomic mass is 32.2. The first-order valence-corrected chi connectivity index (χ1v) is 9.33. The zero-order valence-corrected chi connectivity index (χ0v) is 14.9. The Bertz CT molecular complexity index is 599. The number of hydrogen-bond donors (Lipinski definition) is 2. The van der Waals surface area contributed by atoms with Gasteiger partial charge in [0.2, 0.25) is 5.91 Å². The van der Waals surface area contributed by atoms with E-state index >= 15 is 0 Å². The maximum Gasteiger partial charge on any atom is 0.223 e. The molecule has 0 radical (unpaired) electrons. The molecular formula is C16H26N2O4S. The molecular weight excluding hydrogens is 316 g/mol. The second kappa shape index (κ2) is 8.88. The van der Waals surface area contributed by atoms with Gasteiger partial charge in [0, 0.05) is 18.5 Å². The molecule has 0 saturated heterocycles. The van der Waals surface area contributed by atoms with Crippen LogP contribution in [0.4, 0.5) is 0 Å². The van der Waals surface area contributed by atoms with E-state index in [4.69, 9.17) is 4.74 Å². The lowest BCUT2D eigenvalue weighted by Crippen LogP contribution is -2.41. The zero-order chi connectivity index (χ0) is 17.5. The number of carbonyl (C=O) groups is 1. The Hall–Kier alpha value is -1.60. The van der Waals surface area contributed by atoms with Crippen molar-refractivity contribution in [1.29, 1.82) is 0 Å². The van der Waals surface area contributed by atoms with Crippen LogP contribution in [0, 0.1) is 5.92 Å². The Morgan fingerprint density at radius 2 is 1.83 bits per heavy atom. The number of amides is 1. The summed E-state index contributed by atoms with van der Waals surface area (Å²) in [5.41, 5.74) is 0. The molecule has 0 bridgehead atoms. The van der Waals surface area contributed by atoms with Gasteiger partial charge in [-0.15, -0.1) is 0 Å². The minimum absolute atomic E-state index is 0.148. The number of nitrogens with one attached hydrogen (secondary N) is 2. The van der Waals surface area contributed by atoms with E-state index in [2.05, 4.69) is 10.6 Å². The Labute approximate surface area is 138 Å². The minimum atomic E-state index is -3.51. The number of hydrogen-bond acceptors (Lipinski definition) is 5. The fraction of sp³-hybridized carbons (Fsp3) is 0.562. The van der Waals surface area contributed by atoms with Gasteiger partial charge in [-0.05, 0) is 37.7 Å². The highest BCUT2D eigenvalue weighted by Gasteiger charge is 2.23. The number of benzene rings is 1. The van der Waals surface area contributed by atoms with Gasteiger partial charge in [0.1, 0.15) is 5.75 Å². The van der Waals surface area contributed by atoms with Crippen molar-refractivity contribution in [3.8, 4) is 5.75 Å². The predicted octanol–water partition coefficient (Wildman–Crippen LogP) is 1.22. The van der Waals surface area contributed by atoms with Crippen LogP contribution in [0.3, 0.4) is 0 Å². The summed E-state index contributed by atoms with van der Waals surface area (Å²) < 4.78 is 29.7. The van der Waals surface area contributed by atoms with Gasteiger partial charge in [-0.1, -0.05) is 13.8 Å². The molecule has 0 heterocycles. The lowest BCUT2D eigenvalue weighted by atomic mass is 10.2. The van der Waals surface area contributed by atoms with E-state index in [1.54, 1.807) is 19.1 Å². The first-order chi connectivity index (χ1) is 10.8. The van der Waals surface area contributed by atoms with Gasteiger partial charge >= 0.3 is 0 Å². The first-order valence-electron chi connectivity index (χ1n) is 7.68. The first kappa shape index (κ1) is 19.4. The Balaban J connectivity index is 2.63. The van der Waals surface area contributed by atoms with Crippen molar-refractivity contribution in [2.24, 2.45) is 5.92 Å². The van der Waals surface area contributed by atoms with E-state index in [1.165, 1.54) is 19.2 Å². The molecule has 23 heavy (non-hydrogen) atoms. The fourth-order valence-electron chi connectivity index (χ4n) is 2.13. The smallest absolute Gasteiger partial charge is 0.223 e. The number of carbonyl (C=O) groups excluding carboxylic acids is 1. The molecule has 0 spiro atoms. The van der Waals surface area contributed by atoms with Crippen LogP contribution in [0.1, 0.15) is 20.8 Å². The molecule has 1 aromatic carbocycles. The van der Waals surface area contributed by atoms with Crippen LogP contribution in [-0.4, -0.2) is 46.3 Å². The number of sulfone groups is 1. The highest BCUT2D eigenvalue weighted by molar-refractivity contribution is 7.91. The van der Waals surface area contributed by atoms with Gasteiger partial charge in [-0.25, -0.2) is 8.42 Å². The van der Waals surface area contributed by atoms with Gasteiger partial charge in [0.05, 0.1) is 17.8 Å². The van der Waals surface area contributed by atoms with Crippen molar-refractivity contribution in [2.75, 3.05) is 26.0 Å². The number of methoxy groups -OCH3 is 1. The molecule has 1 amide bonds. The van der Waals surface area contributed by atoms with Crippen molar-refractivity contribution in [2.45, 2.75) is 31.7 Å². The fourth-order valence-corrected chi connectivity index (χ4v) is 3.69. The Morgan fingerprint density at radius 3 is 2.35 bits per heavy atom. The molecule has 0 aliphatic carbocycles. The number of likely N-dealkylation sites (N-methyl/N-ethyl adjacent to an activating group) is 1. The topological polar surface area (TPSA) is 84.5 Å². The SMILES string of the molecule is CCN[C@H](C)CNC(=O)C(C)CS(=O)(=O)c1ccc(OC)cc1. The summed E-state index contributed by atoms with van der Waals surface area (Å²) in [6.45, 7) is 6.86. The van der Waals surface area contributed by atoms with E-state index in [9.17, 15) is 13.2 Å². The third-order valence-electron chi connectivity index (χ3n) is 3.47. The number of rotatable bonds is 9. The minimum Gasteiger partial charge on any atom is -0.497 e. The molecule has 1 rings (SSSR count). The van der Waals surface area contributed by atoms with Gasteiger partial charge in [-0.3, -0.25) is 4.79 Å². The molecule has 1 aromatic rings. The lowest BCUT2D eigenvalue weighted by Gasteiger charge is -2.16. The van der Waals surface area contributed by atoms with E-state index in [0.29, 0.717) is 12.3 Å². The quantitative estimate of drug-likeness (QED) is 0.705. The van der Waals surface area contributed by atoms with Gasteiger partial charge in [0.15, 0.2) is 9.84 Å². The summed E-state index contributed by atoms with van der Waals surface area (Å²) in [6.07, 6.45) is 0. The highest BCUT2D eigenvalue weighted by Crippen LogP contribution is 2.18. The van der Waals surface area contributed by atoms with Crippen molar-refractivity contribution >= 4 is 15.7 Å². The van der Waals surface area contributed by atoms with E-state index < -0.39 is 15.8 Å². The van der Waals surface area contributed by atoms with Crippen LogP contribution in [0.5, 0.6) is 5.75 Å². The zero-order valence-electron chi connectivity index (χ0n) is 14.1. The summed E-state index contributed by atoms with van der Waals surface area (Å²) in [6, 6.07) is 6.32. The normalized spacial score (nSPS) is 14.1. The summed E-state index contributed by atoms with van der Waals surface area (Å²) >= 11 is 0. The van der Waals surface area contributed by atoms with Gasteiger partial charge < -0.3 is 15.4 Å². The molecule has 7 heteroatoms. The van der Waals surface area contributed by atoms with Crippen LogP contribution in [0.25, 0.3) is 0 Å². The second-order valence-electron chi connectivity index (χ2n) is 5.56. The van der Waals surface area contributed by atoms with Crippen LogP contribution in [0.2, 0.25) is 0 Å². The largest absolute Gasteiger partial charge is 0.497 e. The van der Waals surface area contributed by atoms with Crippen LogP contribution in [-0.2, 0) is 14.6 Å². The summed E-state index contributed by atoms with van der Waals surface area (Å²) in [5, 5.41) is 5.95. The van der Waals surface area contributed by atoms with Crippen molar-refractivity contribution in [3.63, 3.8) is 0 Å². The molecule has 0 saturated carbocycles. The van der Waals surface area contributed by atoms with E-state index in [-0.39, 0.29) is 22.6 Å². The molecule has 0 fully saturated rings. The lowest BCUT2D eigenvalue weighted by molar-refractivity contribution is -0.123. The van der Waals surface area contributed by atoms with E-state index in [0.717, 1.165) is 6.54 Å². The molecule has 2 N–H and O–H groups in total. The average molecular weight is 342 g/mol. The molecule has 6 nitrogen and oxygen atoms in total. The predicted molar refractivity (Wildman–Crippen MR) is 90.4 cm³/mol. The van der Waals surface area contributed by atoms with Crippen molar-refractivity contribution < 1.29 is 17.9 Å². The summed E-state index contributed by atoms with van der Waals surface area (Å²) in [4.78, 5) is 12.2. The standard InChI is InChI=1S/C16H26N2O4S/c1-5-17-13(3)10-18-16(19)12(2)11-23(20,21)15-8-6-14(22-4)7-9-15/h6-9,12-13,17H,5,10-11H2,1-4H3,(H,18,19)/t12?,13-/m1/s1. The number of ether oxygens (including phenoxy) is 1. The van der Waals surface area contributed by atoms with Crippen LogP contribution in [0.15, 0.2) is 29.2 Å². The average Bonchev–Trinajstić information content (AvgIpc) is 2.52. The molecule has 2 atom stereocenters. The van der Waals surface area contributed by atoms with Crippen molar-refractivity contribution in [3.05, 3.63) is 24.3 Å². The van der Waals surface area contributed by atoms with Gasteiger partial charge in [-0.2, -0.15) is 0 Å². The summed E-state index contributed by atoms with van der Waals surface area (Å²) in [7, 11) is -1.99. The van der Waals surface area contributed by atoms with Crippen molar-refractivity contribution in [1.82, 2.24) is 10.6 Å². The van der Waals surface area contributed by atoms with Crippen LogP contribution < -0.4 is 15.4 Å². The Morgan fingerprint density at radius 1 is 1.22 bits per heavy atom. The molecule has 0 aliphatic heterocycles. The molecule has 0 aliphatic rings. The van der Waals surface area contributed by atoms with Crippen LogP contribution >= 0.6 is 0 Å². The molecule has 1 unspecified atom stereocenters. The molecule has 0 aromatic heterocycles. The molecule has 130 valence electrons. The third kappa shape index (κ3) is 6.19. The maximum absolute atomic E-state index is 12.4. The maximum atomic E-state index is 12.4.